The third kappa shape index (κ3) is 5.88. The van der Waals surface area contributed by atoms with Crippen LogP contribution >= 0.6 is 0 Å². The molecule has 0 aromatic heterocycles. The van der Waals surface area contributed by atoms with Crippen LogP contribution in [0.15, 0.2) is 0 Å². The molecule has 5 atom stereocenters. The topological polar surface area (TPSA) is 105 Å². The zero-order valence-corrected chi connectivity index (χ0v) is 12.6. The van der Waals surface area contributed by atoms with E-state index in [1.165, 1.54) is 7.11 Å². The van der Waals surface area contributed by atoms with Crippen molar-refractivity contribution in [2.45, 2.75) is 63.1 Å². The number of aliphatic hydroxyl groups excluding tert-OH is 2. The zero-order valence-electron chi connectivity index (χ0n) is 12.6. The molecular weight excluding hydrogens is 280 g/mol. The Labute approximate surface area is 124 Å². The summed E-state index contributed by atoms with van der Waals surface area (Å²) in [6.07, 6.45) is -1.10. The Balaban J connectivity index is 2.22. The van der Waals surface area contributed by atoms with Crippen LogP contribution in [0.5, 0.6) is 0 Å². The number of carboxylic acids is 1. The molecule has 0 aromatic carbocycles. The zero-order chi connectivity index (χ0) is 15.8. The minimum atomic E-state index is -0.997. The fourth-order valence-electron chi connectivity index (χ4n) is 2.41. The van der Waals surface area contributed by atoms with Gasteiger partial charge in [0, 0.05) is 20.1 Å². The third-order valence-corrected chi connectivity index (χ3v) is 3.66. The van der Waals surface area contributed by atoms with E-state index in [0.717, 1.165) is 12.8 Å². The first-order chi connectivity index (χ1) is 9.97. The second-order valence-corrected chi connectivity index (χ2v) is 5.34. The molecule has 124 valence electrons. The second kappa shape index (κ2) is 9.32. The standard InChI is InChI=1S/C14H26O7/c1-9-12(17)13(18)14(19-2)10(21-9)8-20-7-5-3-4-6-11(15)16/h9-10,12-14,17-18H,3-8H2,1-2H3,(H,15,16)/t9-,10?,12?,13+,14+/m1/s1. The number of hydrogen-bond donors (Lipinski definition) is 3. The Hall–Kier alpha value is -0.730. The van der Waals surface area contributed by atoms with Crippen molar-refractivity contribution < 1.29 is 34.3 Å². The van der Waals surface area contributed by atoms with Crippen LogP contribution in [-0.2, 0) is 19.0 Å². The summed E-state index contributed by atoms with van der Waals surface area (Å²) in [5.74, 6) is -0.781. The summed E-state index contributed by atoms with van der Waals surface area (Å²) < 4.78 is 16.3. The van der Waals surface area contributed by atoms with Crippen LogP contribution in [-0.4, -0.2) is 72.1 Å². The summed E-state index contributed by atoms with van der Waals surface area (Å²) in [4.78, 5) is 10.3. The smallest absolute Gasteiger partial charge is 0.303 e. The second-order valence-electron chi connectivity index (χ2n) is 5.34. The van der Waals surface area contributed by atoms with Crippen molar-refractivity contribution in [3.63, 3.8) is 0 Å². The number of carbonyl (C=O) groups is 1. The van der Waals surface area contributed by atoms with E-state index in [4.69, 9.17) is 19.3 Å². The molecule has 1 rings (SSSR count). The molecule has 1 saturated heterocycles. The molecule has 7 heteroatoms. The number of methoxy groups -OCH3 is 1. The summed E-state index contributed by atoms with van der Waals surface area (Å²) in [7, 11) is 1.46. The van der Waals surface area contributed by atoms with Gasteiger partial charge in [0.2, 0.25) is 0 Å². The Bertz CT molecular complexity index is 310. The highest BCUT2D eigenvalue weighted by Gasteiger charge is 2.42. The Kier molecular flexibility index (Phi) is 8.13. The number of aliphatic hydroxyl groups is 2. The molecule has 2 unspecified atom stereocenters. The predicted octanol–water partition coefficient (Wildman–Crippen LogP) is 0.172. The Morgan fingerprint density at radius 3 is 2.52 bits per heavy atom. The number of hydrogen-bond acceptors (Lipinski definition) is 6. The molecule has 0 radical (unpaired) electrons. The van der Waals surface area contributed by atoms with Crippen molar-refractivity contribution in [3.05, 3.63) is 0 Å². The van der Waals surface area contributed by atoms with Crippen molar-refractivity contribution in [1.29, 1.82) is 0 Å². The van der Waals surface area contributed by atoms with E-state index < -0.39 is 36.5 Å². The maximum atomic E-state index is 10.3. The number of unbranched alkanes of at least 4 members (excludes halogenated alkanes) is 2. The number of ether oxygens (including phenoxy) is 3. The average Bonchev–Trinajstić information content (AvgIpc) is 2.43. The van der Waals surface area contributed by atoms with Crippen LogP contribution in [0.1, 0.15) is 32.6 Å². The lowest BCUT2D eigenvalue weighted by Crippen LogP contribution is -2.58. The lowest BCUT2D eigenvalue weighted by atomic mass is 9.96. The molecule has 0 saturated carbocycles. The molecule has 0 aromatic rings. The normalized spacial score (nSPS) is 33.0. The van der Waals surface area contributed by atoms with E-state index in [-0.39, 0.29) is 13.0 Å². The minimum absolute atomic E-state index is 0.180. The Morgan fingerprint density at radius 2 is 1.90 bits per heavy atom. The van der Waals surface area contributed by atoms with Gasteiger partial charge in [0.1, 0.15) is 24.4 Å². The largest absolute Gasteiger partial charge is 0.481 e. The summed E-state index contributed by atoms with van der Waals surface area (Å²) in [6, 6.07) is 0. The maximum absolute atomic E-state index is 10.3. The summed E-state index contributed by atoms with van der Waals surface area (Å²) in [5.41, 5.74) is 0. The van der Waals surface area contributed by atoms with E-state index in [2.05, 4.69) is 0 Å². The lowest BCUT2D eigenvalue weighted by Gasteiger charge is -2.40. The highest BCUT2D eigenvalue weighted by atomic mass is 16.6. The van der Waals surface area contributed by atoms with Gasteiger partial charge in [0.15, 0.2) is 0 Å². The van der Waals surface area contributed by atoms with E-state index in [1.807, 2.05) is 0 Å². The van der Waals surface area contributed by atoms with Crippen LogP contribution in [0.2, 0.25) is 0 Å². The average molecular weight is 306 g/mol. The minimum Gasteiger partial charge on any atom is -0.481 e. The highest BCUT2D eigenvalue weighted by molar-refractivity contribution is 5.66. The summed E-state index contributed by atoms with van der Waals surface area (Å²) in [5, 5.41) is 28.2. The fraction of sp³-hybridized carbons (Fsp3) is 0.929. The van der Waals surface area contributed by atoms with Crippen LogP contribution in [0.25, 0.3) is 0 Å². The third-order valence-electron chi connectivity index (χ3n) is 3.66. The predicted molar refractivity (Wildman–Crippen MR) is 74.1 cm³/mol. The van der Waals surface area contributed by atoms with Crippen molar-refractivity contribution in [2.24, 2.45) is 0 Å². The van der Waals surface area contributed by atoms with Crippen LogP contribution < -0.4 is 0 Å². The first-order valence-corrected chi connectivity index (χ1v) is 7.31. The molecule has 1 fully saturated rings. The molecule has 0 spiro atoms. The monoisotopic (exact) mass is 306 g/mol. The molecule has 3 N–H and O–H groups in total. The van der Waals surface area contributed by atoms with Gasteiger partial charge in [-0.2, -0.15) is 0 Å². The molecule has 21 heavy (non-hydrogen) atoms. The van der Waals surface area contributed by atoms with Crippen LogP contribution in [0.3, 0.4) is 0 Å². The molecule has 1 aliphatic rings. The maximum Gasteiger partial charge on any atom is 0.303 e. The molecule has 7 nitrogen and oxygen atoms in total. The van der Waals surface area contributed by atoms with Gasteiger partial charge in [-0.3, -0.25) is 4.79 Å². The van der Waals surface area contributed by atoms with Gasteiger partial charge in [0.25, 0.3) is 0 Å². The molecule has 0 bridgehead atoms. The Morgan fingerprint density at radius 1 is 1.19 bits per heavy atom. The van der Waals surface area contributed by atoms with Crippen LogP contribution in [0, 0.1) is 0 Å². The number of aliphatic carboxylic acids is 1. The van der Waals surface area contributed by atoms with E-state index >= 15 is 0 Å². The lowest BCUT2D eigenvalue weighted by molar-refractivity contribution is -0.234. The van der Waals surface area contributed by atoms with Gasteiger partial charge in [-0.1, -0.05) is 6.42 Å². The quantitative estimate of drug-likeness (QED) is 0.521. The first-order valence-electron chi connectivity index (χ1n) is 7.31. The van der Waals surface area contributed by atoms with Gasteiger partial charge in [-0.25, -0.2) is 0 Å². The van der Waals surface area contributed by atoms with E-state index in [9.17, 15) is 15.0 Å². The summed E-state index contributed by atoms with van der Waals surface area (Å²) in [6.45, 7) is 2.47. The van der Waals surface area contributed by atoms with Crippen molar-refractivity contribution in [3.8, 4) is 0 Å². The SMILES string of the molecule is CO[C@H]1C(COCCCCCC(=O)O)O[C@H](C)C(O)[C@@H]1O. The van der Waals surface area contributed by atoms with E-state index in [0.29, 0.717) is 13.0 Å². The van der Waals surface area contributed by atoms with Crippen molar-refractivity contribution in [2.75, 3.05) is 20.3 Å². The van der Waals surface area contributed by atoms with Gasteiger partial charge in [-0.05, 0) is 19.8 Å². The first kappa shape index (κ1) is 18.3. The molecule has 0 amide bonds. The number of rotatable bonds is 9. The van der Waals surface area contributed by atoms with E-state index in [1.54, 1.807) is 6.92 Å². The van der Waals surface area contributed by atoms with Crippen LogP contribution in [0.4, 0.5) is 0 Å². The van der Waals surface area contributed by atoms with Gasteiger partial charge < -0.3 is 29.5 Å². The molecule has 1 aliphatic heterocycles. The van der Waals surface area contributed by atoms with Crippen molar-refractivity contribution in [1.82, 2.24) is 0 Å². The van der Waals surface area contributed by atoms with Gasteiger partial charge in [0.05, 0.1) is 12.7 Å². The summed E-state index contributed by atoms with van der Waals surface area (Å²) >= 11 is 0. The molecule has 0 aliphatic carbocycles. The fourth-order valence-corrected chi connectivity index (χ4v) is 2.41. The van der Waals surface area contributed by atoms with Crippen molar-refractivity contribution >= 4 is 5.97 Å². The number of carboxylic acid groups (broad SMARTS) is 1. The van der Waals surface area contributed by atoms with Gasteiger partial charge >= 0.3 is 5.97 Å². The highest BCUT2D eigenvalue weighted by Crippen LogP contribution is 2.23. The molecular formula is C14H26O7. The molecule has 1 heterocycles. The van der Waals surface area contributed by atoms with Gasteiger partial charge in [-0.15, -0.1) is 0 Å².